The summed E-state index contributed by atoms with van der Waals surface area (Å²) in [6, 6.07) is 107. The van der Waals surface area contributed by atoms with E-state index >= 15 is 0 Å². The van der Waals surface area contributed by atoms with Crippen LogP contribution in [0.3, 0.4) is 0 Å². The van der Waals surface area contributed by atoms with Gasteiger partial charge < -0.3 is 28.9 Å². The van der Waals surface area contributed by atoms with Crippen molar-refractivity contribution in [3.8, 4) is 86.1 Å². The SMILES string of the molecule is c1ccc2c(c1)Oc1ccccc1N2c1ccc2c(c1)c1ccccc1n2-c1ccnc(-c2cc(-c3nccc(-n4c5ccccc5c5cc(N6c7ccccc7Oc7ccccc76)ccc54)n3)cc(-c3nccc(-n4c5ccccc5c5cc(N6c7ccccc7Oc7ccccc76)ccc54)n3)c2)n1. The van der Waals surface area contributed by atoms with E-state index in [1.807, 2.05) is 146 Å². The van der Waals surface area contributed by atoms with Crippen molar-refractivity contribution in [1.82, 2.24) is 43.6 Å². The highest BCUT2D eigenvalue weighted by molar-refractivity contribution is 6.13. The summed E-state index contributed by atoms with van der Waals surface area (Å²) in [4.78, 5) is 38.7. The molecule has 9 heterocycles. The summed E-state index contributed by atoms with van der Waals surface area (Å²) in [7, 11) is 0. The highest BCUT2D eigenvalue weighted by atomic mass is 16.5. The van der Waals surface area contributed by atoms with Gasteiger partial charge in [-0.05, 0) is 182 Å². The first-order valence-electron chi connectivity index (χ1n) is 34.8. The van der Waals surface area contributed by atoms with E-state index in [4.69, 9.17) is 44.1 Å². The van der Waals surface area contributed by atoms with Gasteiger partial charge >= 0.3 is 0 Å². The van der Waals surface area contributed by atoms with Gasteiger partial charge in [0.25, 0.3) is 0 Å². The van der Waals surface area contributed by atoms with Crippen LogP contribution in [0, 0.1) is 0 Å². The third-order valence-electron chi connectivity index (χ3n) is 20.4. The molecule has 0 amide bonds. The maximum absolute atomic E-state index is 6.44. The number of nitrogens with zero attached hydrogens (tertiary/aromatic N) is 12. The van der Waals surface area contributed by atoms with Gasteiger partial charge in [-0.2, -0.15) is 0 Å². The number of rotatable bonds is 9. The molecule has 492 valence electrons. The van der Waals surface area contributed by atoms with Gasteiger partial charge in [-0.1, -0.05) is 127 Å². The topological polar surface area (TPSA) is 130 Å². The Morgan fingerprint density at radius 3 is 0.724 bits per heavy atom. The van der Waals surface area contributed by atoms with Crippen LogP contribution in [0.4, 0.5) is 51.2 Å². The smallest absolute Gasteiger partial charge is 0.161 e. The van der Waals surface area contributed by atoms with Crippen LogP contribution in [0.2, 0.25) is 0 Å². The molecule has 0 atom stereocenters. The Bertz CT molecular complexity index is 6060. The van der Waals surface area contributed by atoms with Gasteiger partial charge in [-0.25, -0.2) is 29.9 Å². The molecule has 0 spiro atoms. The molecule has 0 unspecified atom stereocenters. The number of ether oxygens (including phenoxy) is 3. The molecule has 6 aromatic heterocycles. The minimum absolute atomic E-state index is 0.486. The standard InChI is InChI=1S/C90H54N12O3/c1-4-22-67-61(19-1)64-52-58(97-73-25-7-13-31-79(73)103-80-32-14-8-26-74(80)97)37-40-70(64)100(67)85-43-46-91-88(94-85)55-49-56(89-92-47-44-86(95-89)101-68-23-5-2-20-62(68)65-53-59(38-41-71(65)101)98-75-27-9-15-33-81(75)104-82-34-16-10-28-76(82)98)51-57(50-55)90-93-48-45-87(96-90)102-69-24-6-3-21-63(69)66-54-60(39-42-72(66)102)99-77-29-11-17-35-83(77)105-84-36-18-12-30-78(84)99/h1-54H. The fourth-order valence-electron chi connectivity index (χ4n) is 15.8. The van der Waals surface area contributed by atoms with Crippen LogP contribution in [0.25, 0.3) is 117 Å². The normalized spacial score (nSPS) is 12.7. The Morgan fingerprint density at radius 1 is 0.210 bits per heavy atom. The summed E-state index contributed by atoms with van der Waals surface area (Å²) in [5.41, 5.74) is 16.9. The molecule has 0 fully saturated rings. The van der Waals surface area contributed by atoms with Crippen LogP contribution in [-0.2, 0) is 0 Å². The number of anilines is 9. The molecule has 13 aromatic carbocycles. The van der Waals surface area contributed by atoms with Crippen molar-refractivity contribution in [2.45, 2.75) is 0 Å². The monoisotopic (exact) mass is 1350 g/mol. The van der Waals surface area contributed by atoms with Crippen molar-refractivity contribution in [2.75, 3.05) is 14.7 Å². The first-order chi connectivity index (χ1) is 52.0. The number of hydrogen-bond acceptors (Lipinski definition) is 12. The minimum atomic E-state index is 0.486. The first-order valence-corrected chi connectivity index (χ1v) is 34.8. The van der Waals surface area contributed by atoms with E-state index in [0.717, 1.165) is 151 Å². The van der Waals surface area contributed by atoms with Crippen molar-refractivity contribution < 1.29 is 14.2 Å². The van der Waals surface area contributed by atoms with Crippen LogP contribution in [-0.4, -0.2) is 43.6 Å². The summed E-state index contributed by atoms with van der Waals surface area (Å²) in [5.74, 6) is 8.28. The van der Waals surface area contributed by atoms with E-state index < -0.39 is 0 Å². The van der Waals surface area contributed by atoms with Crippen LogP contribution >= 0.6 is 0 Å². The molecule has 105 heavy (non-hydrogen) atoms. The lowest BCUT2D eigenvalue weighted by molar-refractivity contribution is 0.477. The Hall–Kier alpha value is -14.7. The second-order valence-corrected chi connectivity index (χ2v) is 26.3. The zero-order valence-corrected chi connectivity index (χ0v) is 55.8. The first kappa shape index (κ1) is 58.1. The van der Waals surface area contributed by atoms with E-state index in [9.17, 15) is 0 Å². The second-order valence-electron chi connectivity index (χ2n) is 26.3. The van der Waals surface area contributed by atoms with Crippen molar-refractivity contribution in [3.05, 3.63) is 328 Å². The molecule has 0 saturated heterocycles. The summed E-state index contributed by atoms with van der Waals surface area (Å²) in [6.07, 6.45) is 5.51. The molecule has 0 aliphatic carbocycles. The molecule has 3 aliphatic rings. The molecule has 15 nitrogen and oxygen atoms in total. The fourth-order valence-corrected chi connectivity index (χ4v) is 15.8. The highest BCUT2D eigenvalue weighted by Crippen LogP contribution is 2.55. The molecular weight excluding hydrogens is 1300 g/mol. The average molecular weight is 1350 g/mol. The van der Waals surface area contributed by atoms with Gasteiger partial charge in [0.1, 0.15) is 17.5 Å². The quantitative estimate of drug-likeness (QED) is 0.136. The zero-order valence-electron chi connectivity index (χ0n) is 55.8. The van der Waals surface area contributed by atoms with E-state index in [1.165, 1.54) is 0 Å². The molecular formula is C90H54N12O3. The predicted octanol–water partition coefficient (Wildman–Crippen LogP) is 23.1. The highest BCUT2D eigenvalue weighted by Gasteiger charge is 2.31. The molecule has 0 bridgehead atoms. The van der Waals surface area contributed by atoms with Gasteiger partial charge in [-0.3, -0.25) is 13.7 Å². The molecule has 3 aliphatic heterocycles. The van der Waals surface area contributed by atoms with E-state index in [0.29, 0.717) is 51.6 Å². The number of benzene rings is 13. The van der Waals surface area contributed by atoms with Crippen molar-refractivity contribution >= 4 is 117 Å². The van der Waals surface area contributed by atoms with Crippen LogP contribution in [0.1, 0.15) is 0 Å². The van der Waals surface area contributed by atoms with E-state index in [-0.39, 0.29) is 0 Å². The molecule has 15 heteroatoms. The van der Waals surface area contributed by atoms with Gasteiger partial charge in [0.15, 0.2) is 52.0 Å². The lowest BCUT2D eigenvalue weighted by atomic mass is 10.0. The predicted molar refractivity (Wildman–Crippen MR) is 417 cm³/mol. The number of aromatic nitrogens is 9. The third-order valence-corrected chi connectivity index (χ3v) is 20.4. The maximum atomic E-state index is 6.44. The van der Waals surface area contributed by atoms with Gasteiger partial charge in [-0.15, -0.1) is 0 Å². The Labute approximate surface area is 599 Å². The van der Waals surface area contributed by atoms with Gasteiger partial charge in [0.05, 0.1) is 67.2 Å². The van der Waals surface area contributed by atoms with E-state index in [1.54, 1.807) is 0 Å². The molecule has 19 aromatic rings. The van der Waals surface area contributed by atoms with Crippen LogP contribution in [0.15, 0.2) is 328 Å². The largest absolute Gasteiger partial charge is 0.453 e. The fraction of sp³-hybridized carbons (Fsp3) is 0. The van der Waals surface area contributed by atoms with Gasteiger partial charge in [0, 0.05) is 84.7 Å². The third kappa shape index (κ3) is 9.11. The molecule has 0 radical (unpaired) electrons. The van der Waals surface area contributed by atoms with Crippen molar-refractivity contribution in [3.63, 3.8) is 0 Å². The minimum Gasteiger partial charge on any atom is -0.453 e. The maximum Gasteiger partial charge on any atom is 0.161 e. The number of hydrogen-bond donors (Lipinski definition) is 0. The molecule has 22 rings (SSSR count). The molecule has 0 N–H and O–H groups in total. The van der Waals surface area contributed by atoms with Crippen LogP contribution in [0.5, 0.6) is 34.5 Å². The summed E-state index contributed by atoms with van der Waals surface area (Å²) in [6.45, 7) is 0. The average Bonchev–Trinajstić information content (AvgIpc) is 1.63. The van der Waals surface area contributed by atoms with E-state index in [2.05, 4.69) is 210 Å². The lowest BCUT2D eigenvalue weighted by Crippen LogP contribution is -2.15. The summed E-state index contributed by atoms with van der Waals surface area (Å²) < 4.78 is 26.0. The van der Waals surface area contributed by atoms with Gasteiger partial charge in [0.2, 0.25) is 0 Å². The summed E-state index contributed by atoms with van der Waals surface area (Å²) in [5, 5.41) is 6.44. The number of para-hydroxylation sites is 15. The Balaban J connectivity index is 0.697. The van der Waals surface area contributed by atoms with Crippen LogP contribution < -0.4 is 28.9 Å². The second kappa shape index (κ2) is 22.9. The van der Waals surface area contributed by atoms with Crippen molar-refractivity contribution in [2.24, 2.45) is 0 Å². The van der Waals surface area contributed by atoms with Crippen molar-refractivity contribution in [1.29, 1.82) is 0 Å². The summed E-state index contributed by atoms with van der Waals surface area (Å²) >= 11 is 0. The Morgan fingerprint density at radius 2 is 0.448 bits per heavy atom. The zero-order chi connectivity index (χ0) is 68.8. The Kier molecular flexibility index (Phi) is 12.7. The number of fused-ring (bicyclic) bond motifs is 15. The molecule has 0 saturated carbocycles. The lowest BCUT2D eigenvalue weighted by Gasteiger charge is -2.32.